The van der Waals surface area contributed by atoms with Crippen LogP contribution in [0.3, 0.4) is 0 Å². The van der Waals surface area contributed by atoms with Crippen LogP contribution in [0.2, 0.25) is 0 Å². The number of aryl methyl sites for hydroxylation is 1. The molecule has 94 valence electrons. The third-order valence-corrected chi connectivity index (χ3v) is 2.67. The smallest absolute Gasteiger partial charge is 0.124 e. The molecule has 2 aromatic rings. The van der Waals surface area contributed by atoms with E-state index in [2.05, 4.69) is 22.4 Å². The maximum absolute atomic E-state index is 5.85. The monoisotopic (exact) mass is 242 g/mol. The zero-order valence-electron chi connectivity index (χ0n) is 10.8. The van der Waals surface area contributed by atoms with Gasteiger partial charge in [-0.3, -0.25) is 4.98 Å². The summed E-state index contributed by atoms with van der Waals surface area (Å²) in [7, 11) is 1.93. The first-order valence-corrected chi connectivity index (χ1v) is 6.05. The van der Waals surface area contributed by atoms with E-state index >= 15 is 0 Å². The normalized spacial score (nSPS) is 10.3. The number of pyridine rings is 1. The molecule has 0 radical (unpaired) electrons. The van der Waals surface area contributed by atoms with E-state index in [0.717, 1.165) is 23.4 Å². The SMILES string of the molecule is CNCc1ccccc1OCc1cncc(C)c1. The van der Waals surface area contributed by atoms with E-state index in [1.807, 2.05) is 44.6 Å². The van der Waals surface area contributed by atoms with E-state index in [1.54, 1.807) is 0 Å². The molecule has 0 aliphatic rings. The Morgan fingerprint density at radius 1 is 1.22 bits per heavy atom. The van der Waals surface area contributed by atoms with Gasteiger partial charge in [0.05, 0.1) is 0 Å². The van der Waals surface area contributed by atoms with Crippen molar-refractivity contribution in [3.63, 3.8) is 0 Å². The first kappa shape index (κ1) is 12.6. The Morgan fingerprint density at radius 2 is 2.06 bits per heavy atom. The number of nitrogens with zero attached hydrogens (tertiary/aromatic N) is 1. The molecule has 3 heteroatoms. The molecule has 2 rings (SSSR count). The van der Waals surface area contributed by atoms with Crippen molar-refractivity contribution in [2.75, 3.05) is 7.05 Å². The Morgan fingerprint density at radius 3 is 2.83 bits per heavy atom. The number of hydrogen-bond donors (Lipinski definition) is 1. The van der Waals surface area contributed by atoms with Gasteiger partial charge in [-0.25, -0.2) is 0 Å². The maximum Gasteiger partial charge on any atom is 0.124 e. The van der Waals surface area contributed by atoms with Crippen LogP contribution in [0.25, 0.3) is 0 Å². The Bertz CT molecular complexity index is 511. The minimum Gasteiger partial charge on any atom is -0.489 e. The van der Waals surface area contributed by atoms with E-state index in [-0.39, 0.29) is 0 Å². The number of aromatic nitrogens is 1. The predicted molar refractivity (Wildman–Crippen MR) is 72.5 cm³/mol. The number of para-hydroxylation sites is 1. The molecule has 3 nitrogen and oxygen atoms in total. The number of hydrogen-bond acceptors (Lipinski definition) is 3. The molecule has 0 aliphatic carbocycles. The van der Waals surface area contributed by atoms with Crippen LogP contribution in [-0.4, -0.2) is 12.0 Å². The Kier molecular flexibility index (Phi) is 4.31. The largest absolute Gasteiger partial charge is 0.489 e. The third kappa shape index (κ3) is 3.31. The molecule has 1 N–H and O–H groups in total. The molecule has 0 spiro atoms. The van der Waals surface area contributed by atoms with E-state index in [0.29, 0.717) is 6.61 Å². The molecule has 0 fully saturated rings. The number of nitrogens with one attached hydrogen (secondary N) is 1. The van der Waals surface area contributed by atoms with Gasteiger partial charge < -0.3 is 10.1 Å². The molecule has 0 atom stereocenters. The maximum atomic E-state index is 5.85. The second-order valence-corrected chi connectivity index (χ2v) is 4.30. The topological polar surface area (TPSA) is 34.1 Å². The summed E-state index contributed by atoms with van der Waals surface area (Å²) in [6.45, 7) is 3.39. The fraction of sp³-hybridized carbons (Fsp3) is 0.267. The van der Waals surface area contributed by atoms with Gasteiger partial charge in [-0.2, -0.15) is 0 Å². The number of rotatable bonds is 5. The van der Waals surface area contributed by atoms with Crippen molar-refractivity contribution in [2.45, 2.75) is 20.1 Å². The Balaban J connectivity index is 2.06. The Labute approximate surface area is 108 Å². The van der Waals surface area contributed by atoms with E-state index in [1.165, 1.54) is 5.56 Å². The second-order valence-electron chi connectivity index (χ2n) is 4.30. The summed E-state index contributed by atoms with van der Waals surface area (Å²) in [6, 6.07) is 10.2. The van der Waals surface area contributed by atoms with Gasteiger partial charge in [0.2, 0.25) is 0 Å². The summed E-state index contributed by atoms with van der Waals surface area (Å²) in [4.78, 5) is 4.16. The highest BCUT2D eigenvalue weighted by atomic mass is 16.5. The molecule has 1 aromatic carbocycles. The van der Waals surface area contributed by atoms with Crippen molar-refractivity contribution in [3.8, 4) is 5.75 Å². The lowest BCUT2D eigenvalue weighted by atomic mass is 10.2. The summed E-state index contributed by atoms with van der Waals surface area (Å²) in [6.07, 6.45) is 3.69. The van der Waals surface area contributed by atoms with Gasteiger partial charge in [0, 0.05) is 30.1 Å². The molecule has 1 heterocycles. The zero-order valence-corrected chi connectivity index (χ0v) is 10.8. The number of benzene rings is 1. The number of ether oxygens (including phenoxy) is 1. The van der Waals surface area contributed by atoms with Gasteiger partial charge in [-0.1, -0.05) is 18.2 Å². The van der Waals surface area contributed by atoms with Crippen LogP contribution in [0, 0.1) is 6.92 Å². The second kappa shape index (κ2) is 6.17. The molecule has 0 aliphatic heterocycles. The van der Waals surface area contributed by atoms with Crippen LogP contribution in [0.4, 0.5) is 0 Å². The van der Waals surface area contributed by atoms with E-state index in [9.17, 15) is 0 Å². The molecule has 0 amide bonds. The van der Waals surface area contributed by atoms with Crippen LogP contribution < -0.4 is 10.1 Å². The first-order chi connectivity index (χ1) is 8.79. The molecule has 0 unspecified atom stereocenters. The summed E-state index contributed by atoms with van der Waals surface area (Å²) in [5, 5.41) is 3.14. The fourth-order valence-corrected chi connectivity index (χ4v) is 1.84. The van der Waals surface area contributed by atoms with Gasteiger partial charge in [-0.15, -0.1) is 0 Å². The quantitative estimate of drug-likeness (QED) is 0.875. The molecule has 0 saturated heterocycles. The van der Waals surface area contributed by atoms with Gasteiger partial charge in [-0.05, 0) is 31.7 Å². The lowest BCUT2D eigenvalue weighted by Crippen LogP contribution is -2.07. The molecular formula is C15H18N2O. The highest BCUT2D eigenvalue weighted by Gasteiger charge is 2.02. The standard InChI is InChI=1S/C15H18N2O/c1-12-7-13(9-17-8-12)11-18-15-6-4-3-5-14(15)10-16-2/h3-9,16H,10-11H2,1-2H3. The zero-order chi connectivity index (χ0) is 12.8. The third-order valence-electron chi connectivity index (χ3n) is 2.67. The fourth-order valence-electron chi connectivity index (χ4n) is 1.84. The summed E-state index contributed by atoms with van der Waals surface area (Å²) < 4.78 is 5.85. The first-order valence-electron chi connectivity index (χ1n) is 6.05. The Hall–Kier alpha value is -1.87. The van der Waals surface area contributed by atoms with Crippen molar-refractivity contribution in [3.05, 3.63) is 59.4 Å². The van der Waals surface area contributed by atoms with Gasteiger partial charge in [0.15, 0.2) is 0 Å². The van der Waals surface area contributed by atoms with E-state index < -0.39 is 0 Å². The molecule has 0 bridgehead atoms. The van der Waals surface area contributed by atoms with Crippen LogP contribution in [0.15, 0.2) is 42.7 Å². The van der Waals surface area contributed by atoms with Gasteiger partial charge >= 0.3 is 0 Å². The van der Waals surface area contributed by atoms with Crippen LogP contribution >= 0.6 is 0 Å². The highest BCUT2D eigenvalue weighted by molar-refractivity contribution is 5.33. The molecular weight excluding hydrogens is 224 g/mol. The predicted octanol–water partition coefficient (Wildman–Crippen LogP) is 2.69. The summed E-state index contributed by atoms with van der Waals surface area (Å²) >= 11 is 0. The lowest BCUT2D eigenvalue weighted by molar-refractivity contribution is 0.302. The van der Waals surface area contributed by atoms with Gasteiger partial charge in [0.25, 0.3) is 0 Å². The van der Waals surface area contributed by atoms with Gasteiger partial charge in [0.1, 0.15) is 12.4 Å². The van der Waals surface area contributed by atoms with Crippen LogP contribution in [0.5, 0.6) is 5.75 Å². The summed E-state index contributed by atoms with van der Waals surface area (Å²) in [5.41, 5.74) is 3.41. The minimum absolute atomic E-state index is 0.551. The van der Waals surface area contributed by atoms with Crippen LogP contribution in [-0.2, 0) is 13.2 Å². The highest BCUT2D eigenvalue weighted by Crippen LogP contribution is 2.19. The van der Waals surface area contributed by atoms with Crippen molar-refractivity contribution in [1.29, 1.82) is 0 Å². The average molecular weight is 242 g/mol. The van der Waals surface area contributed by atoms with Crippen LogP contribution in [0.1, 0.15) is 16.7 Å². The van der Waals surface area contributed by atoms with Crippen molar-refractivity contribution >= 4 is 0 Å². The van der Waals surface area contributed by atoms with Crippen molar-refractivity contribution in [1.82, 2.24) is 10.3 Å². The molecule has 0 saturated carbocycles. The molecule has 1 aromatic heterocycles. The lowest BCUT2D eigenvalue weighted by Gasteiger charge is -2.11. The average Bonchev–Trinajstić information content (AvgIpc) is 2.38. The molecule has 18 heavy (non-hydrogen) atoms. The van der Waals surface area contributed by atoms with Crippen molar-refractivity contribution in [2.24, 2.45) is 0 Å². The van der Waals surface area contributed by atoms with E-state index in [4.69, 9.17) is 4.74 Å². The summed E-state index contributed by atoms with van der Waals surface area (Å²) in [5.74, 6) is 0.924. The minimum atomic E-state index is 0.551. The van der Waals surface area contributed by atoms with Crippen molar-refractivity contribution < 1.29 is 4.74 Å².